The third kappa shape index (κ3) is 2.13. The molecule has 180 valence electrons. The summed E-state index contributed by atoms with van der Waals surface area (Å²) in [5, 5.41) is 26.1. The molecule has 11 rings (SSSR count). The van der Waals surface area contributed by atoms with Gasteiger partial charge in [0.05, 0.1) is 0 Å². The van der Waals surface area contributed by atoms with Crippen LogP contribution in [-0.2, 0) is 0 Å². The lowest BCUT2D eigenvalue weighted by Gasteiger charge is -2.16. The van der Waals surface area contributed by atoms with Crippen LogP contribution < -0.4 is 0 Å². The maximum Gasteiger partial charge on any atom is -0.00987 e. The Bertz CT molecular complexity index is 2200. The zero-order valence-corrected chi connectivity index (χ0v) is 21.5. The molecule has 0 radical (unpaired) electrons. The number of hydrogen-bond donors (Lipinski definition) is 0. The molecule has 0 heterocycles. The average molecular weight is 501 g/mol. The van der Waals surface area contributed by atoms with Crippen molar-refractivity contribution in [3.8, 4) is 0 Å². The molecule has 0 spiro atoms. The Balaban J connectivity index is 1.71. The van der Waals surface area contributed by atoms with Crippen molar-refractivity contribution in [3.05, 3.63) is 121 Å². The fourth-order valence-electron chi connectivity index (χ4n) is 8.16. The quantitative estimate of drug-likeness (QED) is 0.194. The Morgan fingerprint density at radius 1 is 0.100 bits per heavy atom. The molecule has 0 fully saturated rings. The van der Waals surface area contributed by atoms with Gasteiger partial charge >= 0.3 is 0 Å². The van der Waals surface area contributed by atoms with Crippen LogP contribution in [0.5, 0.6) is 0 Å². The molecule has 0 aliphatic carbocycles. The van der Waals surface area contributed by atoms with Gasteiger partial charge in [-0.05, 0) is 108 Å². The topological polar surface area (TPSA) is 0 Å². The summed E-state index contributed by atoms with van der Waals surface area (Å²) in [5.41, 5.74) is 0. The second-order valence-corrected chi connectivity index (χ2v) is 11.6. The maximum absolute atomic E-state index is 2.37. The monoisotopic (exact) mass is 500 g/mol. The van der Waals surface area contributed by atoms with Crippen molar-refractivity contribution in [3.63, 3.8) is 0 Å². The van der Waals surface area contributed by atoms with Crippen molar-refractivity contribution < 1.29 is 0 Å². The first-order chi connectivity index (χ1) is 19.8. The van der Waals surface area contributed by atoms with E-state index in [0.29, 0.717) is 0 Å². The van der Waals surface area contributed by atoms with Crippen molar-refractivity contribution in [2.45, 2.75) is 0 Å². The van der Waals surface area contributed by atoms with E-state index in [9.17, 15) is 0 Å². The van der Waals surface area contributed by atoms with Crippen LogP contribution in [0.2, 0.25) is 0 Å². The third-order valence-electron chi connectivity index (χ3n) is 9.97. The molecule has 0 aliphatic rings. The predicted octanol–water partition coefficient (Wildman–Crippen LogP) is 11.5. The van der Waals surface area contributed by atoms with E-state index >= 15 is 0 Å². The first kappa shape index (κ1) is 19.8. The van der Waals surface area contributed by atoms with Crippen molar-refractivity contribution in [1.82, 2.24) is 0 Å². The summed E-state index contributed by atoms with van der Waals surface area (Å²) in [4.78, 5) is 0. The van der Waals surface area contributed by atoms with Crippen LogP contribution in [0.25, 0.3) is 108 Å². The van der Waals surface area contributed by atoms with Gasteiger partial charge in [0.25, 0.3) is 0 Å². The number of hydrogen-bond acceptors (Lipinski definition) is 0. The van der Waals surface area contributed by atoms with E-state index in [1.165, 1.54) is 108 Å². The van der Waals surface area contributed by atoms with Crippen LogP contribution >= 0.6 is 0 Å². The Morgan fingerprint density at radius 2 is 0.150 bits per heavy atom. The van der Waals surface area contributed by atoms with Crippen LogP contribution in [0.4, 0.5) is 0 Å². The lowest BCUT2D eigenvalue weighted by Crippen LogP contribution is -1.88. The van der Waals surface area contributed by atoms with Gasteiger partial charge < -0.3 is 0 Å². The van der Waals surface area contributed by atoms with E-state index in [4.69, 9.17) is 0 Å². The van der Waals surface area contributed by atoms with Crippen molar-refractivity contribution in [2.24, 2.45) is 0 Å². The van der Waals surface area contributed by atoms with E-state index in [1.54, 1.807) is 0 Å². The molecule has 0 saturated carbocycles. The molecule has 11 aromatic rings. The molecular formula is C40H20. The molecule has 0 N–H and O–H groups in total. The lowest BCUT2D eigenvalue weighted by molar-refractivity contribution is 1.80. The molecule has 0 atom stereocenters. The Kier molecular flexibility index (Phi) is 3.22. The first-order valence-corrected chi connectivity index (χ1v) is 14.1. The number of benzene rings is 5. The van der Waals surface area contributed by atoms with Gasteiger partial charge in [-0.25, -0.2) is 0 Å². The molecule has 0 nitrogen and oxygen atoms in total. The van der Waals surface area contributed by atoms with Crippen LogP contribution in [0.3, 0.4) is 0 Å². The molecule has 40 heavy (non-hydrogen) atoms. The lowest BCUT2D eigenvalue weighted by atomic mass is 9.88. The van der Waals surface area contributed by atoms with Crippen LogP contribution in [0.1, 0.15) is 0 Å². The van der Waals surface area contributed by atoms with Crippen molar-refractivity contribution in [2.75, 3.05) is 0 Å². The van der Waals surface area contributed by atoms with Crippen LogP contribution in [-0.4, -0.2) is 0 Å². The average Bonchev–Trinajstić information content (AvgIpc) is 2.97. The maximum atomic E-state index is 2.37. The fraction of sp³-hybridized carbons (Fsp3) is 0. The Hall–Kier alpha value is -5.20. The van der Waals surface area contributed by atoms with Crippen molar-refractivity contribution in [1.29, 1.82) is 0 Å². The third-order valence-corrected chi connectivity index (χ3v) is 9.97. The van der Waals surface area contributed by atoms with Gasteiger partial charge in [-0.1, -0.05) is 121 Å². The summed E-state index contributed by atoms with van der Waals surface area (Å²) >= 11 is 0. The summed E-state index contributed by atoms with van der Waals surface area (Å²) in [6.07, 6.45) is 0. The molecule has 11 aromatic carbocycles. The van der Waals surface area contributed by atoms with E-state index in [0.717, 1.165) is 0 Å². The Labute approximate surface area is 228 Å². The summed E-state index contributed by atoms with van der Waals surface area (Å²) in [6.45, 7) is 0. The van der Waals surface area contributed by atoms with Crippen LogP contribution in [0, 0.1) is 0 Å². The summed E-state index contributed by atoms with van der Waals surface area (Å²) in [7, 11) is 0. The molecular weight excluding hydrogens is 480 g/mol. The largest absolute Gasteiger partial charge is 0.0531 e. The number of rotatable bonds is 0. The van der Waals surface area contributed by atoms with Gasteiger partial charge in [0, 0.05) is 0 Å². The zero-order valence-electron chi connectivity index (χ0n) is 21.5. The Morgan fingerprint density at radius 3 is 0.200 bits per heavy atom. The summed E-state index contributed by atoms with van der Waals surface area (Å²) < 4.78 is 0. The van der Waals surface area contributed by atoms with E-state index in [2.05, 4.69) is 121 Å². The van der Waals surface area contributed by atoms with Gasteiger partial charge in [0.1, 0.15) is 0 Å². The van der Waals surface area contributed by atoms with Gasteiger partial charge in [-0.2, -0.15) is 0 Å². The molecule has 0 saturated heterocycles. The van der Waals surface area contributed by atoms with Gasteiger partial charge in [0.15, 0.2) is 0 Å². The van der Waals surface area contributed by atoms with E-state index < -0.39 is 0 Å². The predicted molar refractivity (Wildman–Crippen MR) is 175 cm³/mol. The second-order valence-electron chi connectivity index (χ2n) is 11.6. The smallest absolute Gasteiger partial charge is 0.00987 e. The first-order valence-electron chi connectivity index (χ1n) is 14.1. The SMILES string of the molecule is c1cc2c3ccc4c5ccc6c7ccc8c9ccc%10c1c1ccc4c3ccc6c5ccc8c7ccc%10c9ccc21. The highest BCUT2D eigenvalue weighted by Gasteiger charge is 2.15. The van der Waals surface area contributed by atoms with Gasteiger partial charge in [-0.15, -0.1) is 0 Å². The highest BCUT2D eigenvalue weighted by molar-refractivity contribution is 6.32. The minimum Gasteiger partial charge on any atom is -0.0531 e. The highest BCUT2D eigenvalue weighted by atomic mass is 14.2. The molecule has 0 aromatic heterocycles. The zero-order chi connectivity index (χ0) is 25.7. The molecule has 0 heteroatoms. The van der Waals surface area contributed by atoms with E-state index in [1.807, 2.05) is 0 Å². The van der Waals surface area contributed by atoms with E-state index in [-0.39, 0.29) is 0 Å². The summed E-state index contributed by atoms with van der Waals surface area (Å²) in [5.74, 6) is 0. The van der Waals surface area contributed by atoms with Crippen molar-refractivity contribution >= 4 is 108 Å². The summed E-state index contributed by atoms with van der Waals surface area (Å²) in [6, 6.07) is 47.3. The normalized spacial score (nSPS) is 13.0. The molecule has 0 aliphatic heterocycles. The van der Waals surface area contributed by atoms with Gasteiger partial charge in [0.2, 0.25) is 0 Å². The standard InChI is InChI=1S/C40H20/c1-2-22-24-5-6-26-28-9-10-30-29-8-7-27-25-4-3-23-21(1)31-11-12-36(26)34(24)17-18-38(30)40(28)20-19-39(27)37(29)16-14-33(23)35(25)15-13-32(22)31/h1-20H. The fourth-order valence-corrected chi connectivity index (χ4v) is 8.16. The highest BCUT2D eigenvalue weighted by Crippen LogP contribution is 2.43. The molecule has 0 amide bonds. The molecule has 20 bridgehead atoms. The van der Waals surface area contributed by atoms with Gasteiger partial charge in [-0.3, -0.25) is 0 Å². The van der Waals surface area contributed by atoms with Crippen LogP contribution in [0.15, 0.2) is 121 Å². The molecule has 0 unspecified atom stereocenters. The second kappa shape index (κ2) is 6.50. The minimum absolute atomic E-state index is 1.30. The minimum atomic E-state index is 1.30.